The van der Waals surface area contributed by atoms with E-state index in [1.165, 1.54) is 0 Å². The predicted octanol–water partition coefficient (Wildman–Crippen LogP) is 3.65. The molecule has 5 heteroatoms. The predicted molar refractivity (Wildman–Crippen MR) is 98.4 cm³/mol. The minimum atomic E-state index is -0.960. The van der Waals surface area contributed by atoms with Crippen LogP contribution in [-0.4, -0.2) is 21.2 Å². The number of rotatable bonds is 2. The molecule has 2 aliphatic rings. The van der Waals surface area contributed by atoms with Crippen molar-refractivity contribution in [3.05, 3.63) is 58.2 Å². The molecule has 2 fully saturated rings. The van der Waals surface area contributed by atoms with Crippen molar-refractivity contribution < 1.29 is 19.1 Å². The van der Waals surface area contributed by atoms with Crippen molar-refractivity contribution >= 4 is 36.2 Å². The summed E-state index contributed by atoms with van der Waals surface area (Å²) in [4.78, 5) is 24.3. The van der Waals surface area contributed by atoms with E-state index in [2.05, 4.69) is 0 Å². The SMILES string of the molecule is O=C1OC2(CCC2)OC(=O)C1=Ic1ccc(-c2ccccc2)cc1. The first-order valence-electron chi connectivity index (χ1n) is 7.79. The molecule has 0 amide bonds. The zero-order valence-electron chi connectivity index (χ0n) is 12.8. The van der Waals surface area contributed by atoms with E-state index in [0.717, 1.165) is 21.1 Å². The van der Waals surface area contributed by atoms with Gasteiger partial charge in [0.25, 0.3) is 5.79 Å². The summed E-state index contributed by atoms with van der Waals surface area (Å²) in [6.45, 7) is 0. The molecular weight excluding hydrogens is 419 g/mol. The lowest BCUT2D eigenvalue weighted by Crippen LogP contribution is -2.53. The molecule has 1 heterocycles. The third kappa shape index (κ3) is 2.88. The summed E-state index contributed by atoms with van der Waals surface area (Å²) in [6.07, 6.45) is 2.15. The molecule has 1 saturated carbocycles. The molecule has 1 aliphatic carbocycles. The Hall–Kier alpha value is -2.02. The summed E-state index contributed by atoms with van der Waals surface area (Å²) < 4.78 is 11.9. The van der Waals surface area contributed by atoms with Gasteiger partial charge in [-0.3, -0.25) is 0 Å². The molecule has 0 radical (unpaired) electrons. The highest BCUT2D eigenvalue weighted by atomic mass is 127. The Bertz CT molecular complexity index is 798. The summed E-state index contributed by atoms with van der Waals surface area (Å²) in [5.41, 5.74) is 2.24. The second kappa shape index (κ2) is 6.12. The monoisotopic (exact) mass is 434 g/mol. The lowest BCUT2D eigenvalue weighted by molar-refractivity contribution is -0.253. The molecule has 0 aromatic heterocycles. The minimum absolute atomic E-state index is 0.179. The van der Waals surface area contributed by atoms with Crippen molar-refractivity contribution in [2.24, 2.45) is 0 Å². The van der Waals surface area contributed by atoms with Gasteiger partial charge < -0.3 is 9.47 Å². The zero-order valence-corrected chi connectivity index (χ0v) is 15.0. The average Bonchev–Trinajstić information content (AvgIpc) is 2.58. The number of esters is 2. The highest BCUT2D eigenvalue weighted by molar-refractivity contribution is 14.2. The fraction of sp³-hybridized carbons (Fsp3) is 0.211. The number of ether oxygens (including phenoxy) is 2. The highest BCUT2D eigenvalue weighted by Crippen LogP contribution is 2.40. The molecule has 2 aromatic carbocycles. The third-order valence-corrected chi connectivity index (χ3v) is 6.95. The van der Waals surface area contributed by atoms with Crippen LogP contribution in [-0.2, 0) is 19.1 Å². The van der Waals surface area contributed by atoms with Gasteiger partial charge >= 0.3 is 11.9 Å². The lowest BCUT2D eigenvalue weighted by atomic mass is 9.90. The zero-order chi connectivity index (χ0) is 16.6. The summed E-state index contributed by atoms with van der Waals surface area (Å²) in [5, 5.41) is 0. The molecule has 4 rings (SSSR count). The second-order valence-corrected chi connectivity index (χ2v) is 8.69. The number of carbonyl (C=O) groups is 2. The van der Waals surface area contributed by atoms with E-state index >= 15 is 0 Å². The van der Waals surface area contributed by atoms with Gasteiger partial charge in [-0.1, -0.05) is 63.2 Å². The maximum absolute atomic E-state index is 12.2. The van der Waals surface area contributed by atoms with Crippen LogP contribution in [0.1, 0.15) is 19.3 Å². The quantitative estimate of drug-likeness (QED) is 0.535. The van der Waals surface area contributed by atoms with Crippen molar-refractivity contribution in [2.45, 2.75) is 25.0 Å². The Morgan fingerprint density at radius 3 is 1.92 bits per heavy atom. The van der Waals surface area contributed by atoms with Gasteiger partial charge in [0, 0.05) is 16.4 Å². The fourth-order valence-electron chi connectivity index (χ4n) is 2.72. The smallest absolute Gasteiger partial charge is 0.354 e. The molecule has 2 aromatic rings. The maximum atomic E-state index is 12.2. The number of benzene rings is 2. The highest BCUT2D eigenvalue weighted by Gasteiger charge is 2.50. The second-order valence-electron chi connectivity index (χ2n) is 5.82. The van der Waals surface area contributed by atoms with E-state index in [0.29, 0.717) is 12.8 Å². The van der Waals surface area contributed by atoms with Crippen LogP contribution in [0.3, 0.4) is 0 Å². The van der Waals surface area contributed by atoms with Crippen LogP contribution in [0, 0.1) is 3.57 Å². The molecule has 0 atom stereocenters. The lowest BCUT2D eigenvalue weighted by Gasteiger charge is -2.42. The Morgan fingerprint density at radius 1 is 0.792 bits per heavy atom. The van der Waals surface area contributed by atoms with Crippen LogP contribution < -0.4 is 0 Å². The largest absolute Gasteiger partial charge is 0.418 e. The standard InChI is InChI=1S/C19H15IO4/c21-17-16(18(22)24-19(23-17)11-4-12-19)20-15-9-7-14(8-10-15)13-5-2-1-3-6-13/h1-3,5-10H,4,11-12H2. The molecule has 4 nitrogen and oxygen atoms in total. The Labute approximate surface area is 149 Å². The molecule has 24 heavy (non-hydrogen) atoms. The van der Waals surface area contributed by atoms with E-state index in [4.69, 9.17) is 9.47 Å². The first-order chi connectivity index (χ1) is 11.7. The first-order valence-corrected chi connectivity index (χ1v) is 9.95. The molecule has 122 valence electrons. The van der Waals surface area contributed by atoms with Crippen molar-refractivity contribution in [2.75, 3.05) is 0 Å². The van der Waals surface area contributed by atoms with Crippen molar-refractivity contribution in [1.29, 1.82) is 0 Å². The normalized spacial score (nSPS) is 18.8. The molecule has 1 saturated heterocycles. The van der Waals surface area contributed by atoms with Gasteiger partial charge in [-0.15, -0.1) is 0 Å². The van der Waals surface area contributed by atoms with Crippen LogP contribution in [0.4, 0.5) is 0 Å². The van der Waals surface area contributed by atoms with Gasteiger partial charge in [-0.25, -0.2) is 9.59 Å². The summed E-state index contributed by atoms with van der Waals surface area (Å²) >= 11 is -0.914. The molecule has 1 spiro atoms. The van der Waals surface area contributed by atoms with Crippen LogP contribution >= 0.6 is 20.7 Å². The summed E-state index contributed by atoms with van der Waals surface area (Å²) in [6, 6.07) is 18.0. The van der Waals surface area contributed by atoms with Crippen molar-refractivity contribution in [3.8, 4) is 11.1 Å². The van der Waals surface area contributed by atoms with Gasteiger partial charge in [0.05, 0.1) is 0 Å². The van der Waals surface area contributed by atoms with E-state index in [1.54, 1.807) is 0 Å². The van der Waals surface area contributed by atoms with Gasteiger partial charge in [-0.05, 0) is 29.7 Å². The molecule has 0 bridgehead atoms. The summed E-state index contributed by atoms with van der Waals surface area (Å²) in [7, 11) is 0. The Morgan fingerprint density at radius 2 is 1.38 bits per heavy atom. The van der Waals surface area contributed by atoms with Crippen molar-refractivity contribution in [1.82, 2.24) is 0 Å². The number of hydrogen-bond acceptors (Lipinski definition) is 4. The van der Waals surface area contributed by atoms with E-state index in [1.807, 2.05) is 54.6 Å². The van der Waals surface area contributed by atoms with Crippen LogP contribution in [0.2, 0.25) is 0 Å². The van der Waals surface area contributed by atoms with Crippen LogP contribution in [0.25, 0.3) is 11.1 Å². The average molecular weight is 434 g/mol. The van der Waals surface area contributed by atoms with Gasteiger partial charge in [0.2, 0.25) is 0 Å². The van der Waals surface area contributed by atoms with E-state index in [9.17, 15) is 9.59 Å². The van der Waals surface area contributed by atoms with E-state index in [-0.39, 0.29) is 3.51 Å². The molecule has 1 aliphatic heterocycles. The Kier molecular flexibility index (Phi) is 3.96. The topological polar surface area (TPSA) is 52.6 Å². The summed E-state index contributed by atoms with van der Waals surface area (Å²) in [5.74, 6) is -1.95. The molecule has 0 N–H and O–H groups in total. The minimum Gasteiger partial charge on any atom is -0.418 e. The number of carbonyl (C=O) groups excluding carboxylic acids is 2. The van der Waals surface area contributed by atoms with Gasteiger partial charge in [-0.2, -0.15) is 0 Å². The molecular formula is C19H15IO4. The van der Waals surface area contributed by atoms with Crippen molar-refractivity contribution in [3.63, 3.8) is 0 Å². The molecule has 0 unspecified atom stereocenters. The van der Waals surface area contributed by atoms with Crippen LogP contribution in [0.5, 0.6) is 0 Å². The Balaban J connectivity index is 1.57. The van der Waals surface area contributed by atoms with Gasteiger partial charge in [0.1, 0.15) is 0 Å². The maximum Gasteiger partial charge on any atom is 0.354 e. The first kappa shape index (κ1) is 15.5. The van der Waals surface area contributed by atoms with Crippen LogP contribution in [0.15, 0.2) is 54.6 Å². The third-order valence-electron chi connectivity index (χ3n) is 4.19. The fourth-order valence-corrected chi connectivity index (χ4v) is 4.73. The number of halogens is 1. The van der Waals surface area contributed by atoms with E-state index < -0.39 is 38.5 Å². The number of hydrogen-bond donors (Lipinski definition) is 0. The van der Waals surface area contributed by atoms with Gasteiger partial charge in [0.15, 0.2) is 3.51 Å².